The molecule has 0 saturated carbocycles. The minimum absolute atomic E-state index is 0.133. The van der Waals surface area contributed by atoms with Gasteiger partial charge in [0.2, 0.25) is 11.0 Å². The molecule has 3 aromatic rings. The van der Waals surface area contributed by atoms with E-state index in [1.165, 1.54) is 11.3 Å². The summed E-state index contributed by atoms with van der Waals surface area (Å²) in [5, 5.41) is 13.7. The lowest BCUT2D eigenvalue weighted by Gasteiger charge is -2.05. The normalized spacial score (nSPS) is 11.0. The number of aryl methyl sites for hydroxylation is 1. The molecule has 0 spiro atoms. The van der Waals surface area contributed by atoms with Gasteiger partial charge in [-0.15, -0.1) is 10.2 Å². The number of carbonyl (C=O) groups is 1. The van der Waals surface area contributed by atoms with E-state index < -0.39 is 0 Å². The van der Waals surface area contributed by atoms with Crippen molar-refractivity contribution in [3.8, 4) is 0 Å². The van der Waals surface area contributed by atoms with Crippen LogP contribution in [0.5, 0.6) is 0 Å². The topological polar surface area (TPSA) is 59.8 Å². The molecule has 0 saturated heterocycles. The van der Waals surface area contributed by atoms with Crippen molar-refractivity contribution in [3.05, 3.63) is 40.5 Å². The highest BCUT2D eigenvalue weighted by molar-refractivity contribution is 7.15. The molecule has 108 valence electrons. The largest absolute Gasteiger partial charge is 0.338 e. The number of nitrogens with one attached hydrogen (secondary N) is 1. The van der Waals surface area contributed by atoms with Crippen molar-refractivity contribution in [1.29, 1.82) is 0 Å². The Morgan fingerprint density at radius 2 is 2.24 bits per heavy atom. The van der Waals surface area contributed by atoms with E-state index in [2.05, 4.69) is 15.5 Å². The lowest BCUT2D eigenvalue weighted by atomic mass is 10.2. The van der Waals surface area contributed by atoms with Crippen molar-refractivity contribution < 1.29 is 4.79 Å². The van der Waals surface area contributed by atoms with Crippen LogP contribution in [0.15, 0.2) is 30.5 Å². The third-order valence-corrected chi connectivity index (χ3v) is 4.40. The number of aromatic nitrogens is 3. The number of fused-ring (bicyclic) bond motifs is 1. The summed E-state index contributed by atoms with van der Waals surface area (Å²) in [5.41, 5.74) is 0.934. The van der Waals surface area contributed by atoms with Gasteiger partial charge in [0.1, 0.15) is 11.6 Å². The summed E-state index contributed by atoms with van der Waals surface area (Å²) in [5.74, 6) is -0.133. The summed E-state index contributed by atoms with van der Waals surface area (Å²) in [6.45, 7) is 2.21. The van der Waals surface area contributed by atoms with Crippen LogP contribution in [-0.4, -0.2) is 20.7 Å². The quantitative estimate of drug-likeness (QED) is 0.802. The summed E-state index contributed by atoms with van der Waals surface area (Å²) in [7, 11) is 0. The van der Waals surface area contributed by atoms with E-state index in [1.54, 1.807) is 0 Å². The monoisotopic (exact) mass is 320 g/mol. The Morgan fingerprint density at radius 1 is 1.38 bits per heavy atom. The van der Waals surface area contributed by atoms with Crippen LogP contribution in [0, 0.1) is 0 Å². The van der Waals surface area contributed by atoms with Gasteiger partial charge in [-0.25, -0.2) is 0 Å². The summed E-state index contributed by atoms with van der Waals surface area (Å²) in [6.07, 6.45) is 2.67. The molecule has 0 atom stereocenters. The van der Waals surface area contributed by atoms with Crippen LogP contribution in [-0.2, 0) is 17.8 Å². The van der Waals surface area contributed by atoms with Crippen LogP contribution in [0.3, 0.4) is 0 Å². The highest BCUT2D eigenvalue weighted by atomic mass is 35.5. The summed E-state index contributed by atoms with van der Waals surface area (Å²) in [4.78, 5) is 12.1. The molecule has 21 heavy (non-hydrogen) atoms. The zero-order chi connectivity index (χ0) is 14.8. The van der Waals surface area contributed by atoms with E-state index in [9.17, 15) is 4.79 Å². The van der Waals surface area contributed by atoms with Gasteiger partial charge in [0.25, 0.3) is 0 Å². The predicted octanol–water partition coefficient (Wildman–Crippen LogP) is 3.35. The van der Waals surface area contributed by atoms with Crippen molar-refractivity contribution >= 4 is 44.9 Å². The SMILES string of the molecule is CCc1nnc(NC(=O)Cn2ccc3c(Cl)cccc32)s1. The Balaban J connectivity index is 1.75. The maximum Gasteiger partial charge on any atom is 0.246 e. The Kier molecular flexibility index (Phi) is 3.90. The van der Waals surface area contributed by atoms with E-state index >= 15 is 0 Å². The first-order valence-electron chi connectivity index (χ1n) is 6.53. The first-order chi connectivity index (χ1) is 10.2. The van der Waals surface area contributed by atoms with Gasteiger partial charge in [-0.05, 0) is 24.6 Å². The number of hydrogen-bond donors (Lipinski definition) is 1. The Labute approximate surface area is 130 Å². The summed E-state index contributed by atoms with van der Waals surface area (Å²) >= 11 is 7.52. The molecule has 0 aliphatic rings. The highest BCUT2D eigenvalue weighted by Gasteiger charge is 2.10. The fourth-order valence-electron chi connectivity index (χ4n) is 2.08. The average Bonchev–Trinajstić information content (AvgIpc) is 3.07. The number of halogens is 1. The van der Waals surface area contributed by atoms with Gasteiger partial charge in [0.05, 0.1) is 0 Å². The van der Waals surface area contributed by atoms with Gasteiger partial charge in [0, 0.05) is 22.1 Å². The molecule has 2 heterocycles. The van der Waals surface area contributed by atoms with Gasteiger partial charge in [-0.1, -0.05) is 35.9 Å². The molecule has 0 aliphatic carbocycles. The molecule has 0 aliphatic heterocycles. The second kappa shape index (κ2) is 5.83. The maximum absolute atomic E-state index is 12.1. The van der Waals surface area contributed by atoms with Crippen LogP contribution in [0.1, 0.15) is 11.9 Å². The lowest BCUT2D eigenvalue weighted by Crippen LogP contribution is -2.18. The molecule has 1 aromatic carbocycles. The number of carbonyl (C=O) groups excluding carboxylic acids is 1. The molecule has 0 fully saturated rings. The van der Waals surface area contributed by atoms with Crippen molar-refractivity contribution in [2.24, 2.45) is 0 Å². The van der Waals surface area contributed by atoms with Gasteiger partial charge in [-0.3, -0.25) is 10.1 Å². The molecule has 2 aromatic heterocycles. The number of hydrogen-bond acceptors (Lipinski definition) is 4. The van der Waals surface area contributed by atoms with Crippen molar-refractivity contribution in [1.82, 2.24) is 14.8 Å². The second-order valence-electron chi connectivity index (χ2n) is 4.52. The van der Waals surface area contributed by atoms with Crippen LogP contribution in [0.25, 0.3) is 10.9 Å². The molecule has 1 N–H and O–H groups in total. The molecule has 5 nitrogen and oxygen atoms in total. The maximum atomic E-state index is 12.1. The smallest absolute Gasteiger partial charge is 0.246 e. The molecular weight excluding hydrogens is 308 g/mol. The second-order valence-corrected chi connectivity index (χ2v) is 5.99. The highest BCUT2D eigenvalue weighted by Crippen LogP contribution is 2.24. The molecule has 0 bridgehead atoms. The van der Waals surface area contributed by atoms with E-state index in [4.69, 9.17) is 11.6 Å². The molecule has 0 radical (unpaired) electrons. The number of nitrogens with zero attached hydrogens (tertiary/aromatic N) is 3. The third-order valence-electron chi connectivity index (χ3n) is 3.09. The first kappa shape index (κ1) is 14.0. The minimum Gasteiger partial charge on any atom is -0.338 e. The van der Waals surface area contributed by atoms with Crippen LogP contribution >= 0.6 is 22.9 Å². The molecular formula is C14H13ClN4OS. The number of rotatable bonds is 4. The molecule has 0 unspecified atom stereocenters. The van der Waals surface area contributed by atoms with Gasteiger partial charge < -0.3 is 4.57 Å². The number of benzene rings is 1. The van der Waals surface area contributed by atoms with Crippen LogP contribution < -0.4 is 5.32 Å². The van der Waals surface area contributed by atoms with Crippen molar-refractivity contribution in [3.63, 3.8) is 0 Å². The summed E-state index contributed by atoms with van der Waals surface area (Å²) < 4.78 is 1.86. The van der Waals surface area contributed by atoms with E-state index in [1.807, 2.05) is 42.0 Å². The Hall–Kier alpha value is -1.92. The van der Waals surface area contributed by atoms with Gasteiger partial charge in [0.15, 0.2) is 0 Å². The third kappa shape index (κ3) is 2.91. The standard InChI is InChI=1S/C14H13ClN4OS/c1-2-13-17-18-14(21-13)16-12(20)8-19-7-6-9-10(15)4-3-5-11(9)19/h3-7H,2,8H2,1H3,(H,16,18,20). The van der Waals surface area contributed by atoms with E-state index in [0.29, 0.717) is 10.2 Å². The zero-order valence-corrected chi connectivity index (χ0v) is 12.9. The molecule has 3 rings (SSSR count). The van der Waals surface area contributed by atoms with Gasteiger partial charge >= 0.3 is 0 Å². The summed E-state index contributed by atoms with van der Waals surface area (Å²) in [6, 6.07) is 7.55. The fourth-order valence-corrected chi connectivity index (χ4v) is 3.01. The van der Waals surface area contributed by atoms with Crippen LogP contribution in [0.4, 0.5) is 5.13 Å². The molecule has 1 amide bonds. The average molecular weight is 321 g/mol. The van der Waals surface area contributed by atoms with E-state index in [-0.39, 0.29) is 12.5 Å². The minimum atomic E-state index is -0.133. The Bertz CT molecular complexity index is 795. The predicted molar refractivity (Wildman–Crippen MR) is 84.9 cm³/mol. The Morgan fingerprint density at radius 3 is 3.00 bits per heavy atom. The lowest BCUT2D eigenvalue weighted by molar-refractivity contribution is -0.116. The molecule has 7 heteroatoms. The first-order valence-corrected chi connectivity index (χ1v) is 7.72. The van der Waals surface area contributed by atoms with Gasteiger partial charge in [-0.2, -0.15) is 0 Å². The van der Waals surface area contributed by atoms with Crippen LogP contribution in [0.2, 0.25) is 5.02 Å². The van der Waals surface area contributed by atoms with Crippen molar-refractivity contribution in [2.45, 2.75) is 19.9 Å². The van der Waals surface area contributed by atoms with E-state index in [0.717, 1.165) is 22.3 Å². The van der Waals surface area contributed by atoms with Crippen molar-refractivity contribution in [2.75, 3.05) is 5.32 Å². The fraction of sp³-hybridized carbons (Fsp3) is 0.214. The number of amides is 1. The number of anilines is 1. The zero-order valence-electron chi connectivity index (χ0n) is 11.3.